The van der Waals surface area contributed by atoms with Crippen molar-refractivity contribution in [3.05, 3.63) is 59.6 Å². The molecule has 0 spiro atoms. The van der Waals surface area contributed by atoms with E-state index in [-0.39, 0.29) is 0 Å². The summed E-state index contributed by atoms with van der Waals surface area (Å²) >= 11 is 6.50. The van der Waals surface area contributed by atoms with E-state index in [2.05, 4.69) is 45.9 Å². The highest BCUT2D eigenvalue weighted by Crippen LogP contribution is 2.49. The maximum absolute atomic E-state index is 6.50. The zero-order valence-electron chi connectivity index (χ0n) is 13.9. The summed E-state index contributed by atoms with van der Waals surface area (Å²) in [5.74, 6) is 1.71. The van der Waals surface area contributed by atoms with Crippen LogP contribution >= 0.6 is 11.6 Å². The third-order valence-corrected chi connectivity index (χ3v) is 6.06. The van der Waals surface area contributed by atoms with Crippen molar-refractivity contribution in [3.8, 4) is 11.1 Å². The first-order valence-electron chi connectivity index (χ1n) is 8.89. The lowest BCUT2D eigenvalue weighted by Gasteiger charge is -2.23. The lowest BCUT2D eigenvalue weighted by Crippen LogP contribution is -2.23. The highest BCUT2D eigenvalue weighted by molar-refractivity contribution is 6.34. The summed E-state index contributed by atoms with van der Waals surface area (Å²) in [6.07, 6.45) is 8.69. The van der Waals surface area contributed by atoms with Crippen LogP contribution in [0.5, 0.6) is 0 Å². The van der Waals surface area contributed by atoms with Crippen LogP contribution < -0.4 is 5.32 Å². The molecular weight excluding hydrogens is 330 g/mol. The van der Waals surface area contributed by atoms with Crippen molar-refractivity contribution in [2.75, 3.05) is 11.9 Å². The fourth-order valence-corrected chi connectivity index (χ4v) is 4.62. The van der Waals surface area contributed by atoms with Crippen molar-refractivity contribution in [2.45, 2.75) is 19.3 Å². The molecule has 3 aromatic rings. The summed E-state index contributed by atoms with van der Waals surface area (Å²) in [5, 5.41) is 13.0. The van der Waals surface area contributed by atoms with Crippen LogP contribution in [-0.4, -0.2) is 16.7 Å². The molecular formula is C21H20ClN3. The van der Waals surface area contributed by atoms with Crippen molar-refractivity contribution >= 4 is 28.3 Å². The van der Waals surface area contributed by atoms with E-state index >= 15 is 0 Å². The van der Waals surface area contributed by atoms with E-state index in [1.807, 2.05) is 24.3 Å². The average molecular weight is 350 g/mol. The molecule has 0 amide bonds. The number of aromatic amines is 1. The first kappa shape index (κ1) is 15.0. The highest BCUT2D eigenvalue weighted by Gasteiger charge is 2.40. The Morgan fingerprint density at radius 1 is 1.24 bits per heavy atom. The van der Waals surface area contributed by atoms with Gasteiger partial charge in [0.05, 0.1) is 10.5 Å². The first-order chi connectivity index (χ1) is 12.2. The molecule has 2 aliphatic rings. The normalized spacial score (nSPS) is 24.3. The maximum atomic E-state index is 6.50. The Hall–Kier alpha value is -2.26. The third kappa shape index (κ3) is 2.54. The first-order valence-corrected chi connectivity index (χ1v) is 9.27. The number of nitrogens with one attached hydrogen (secondary N) is 2. The molecule has 1 aromatic heterocycles. The number of allylic oxidation sites excluding steroid dienone is 1. The Morgan fingerprint density at radius 3 is 2.84 bits per heavy atom. The number of hydrogen-bond donors (Lipinski definition) is 2. The molecule has 1 fully saturated rings. The fourth-order valence-electron chi connectivity index (χ4n) is 4.35. The molecule has 0 radical (unpaired) electrons. The lowest BCUT2D eigenvalue weighted by atomic mass is 9.88. The Kier molecular flexibility index (Phi) is 3.39. The molecule has 4 heteroatoms. The molecule has 0 aliphatic heterocycles. The van der Waals surface area contributed by atoms with Crippen LogP contribution in [0.4, 0.5) is 5.82 Å². The number of fused-ring (bicyclic) bond motifs is 3. The van der Waals surface area contributed by atoms with Crippen LogP contribution in [0.15, 0.2) is 54.6 Å². The molecule has 0 saturated heterocycles. The highest BCUT2D eigenvalue weighted by atomic mass is 35.5. The van der Waals surface area contributed by atoms with E-state index in [1.165, 1.54) is 19.3 Å². The van der Waals surface area contributed by atoms with Crippen molar-refractivity contribution in [1.29, 1.82) is 0 Å². The van der Waals surface area contributed by atoms with Gasteiger partial charge in [0.2, 0.25) is 0 Å². The van der Waals surface area contributed by atoms with E-state index in [9.17, 15) is 0 Å². The quantitative estimate of drug-likeness (QED) is 0.597. The van der Waals surface area contributed by atoms with Gasteiger partial charge in [-0.3, -0.25) is 5.10 Å². The molecule has 2 unspecified atom stereocenters. The number of rotatable bonds is 4. The maximum Gasteiger partial charge on any atom is 0.155 e. The Labute approximate surface area is 152 Å². The van der Waals surface area contributed by atoms with Crippen LogP contribution in [0.2, 0.25) is 5.02 Å². The van der Waals surface area contributed by atoms with Gasteiger partial charge in [0.15, 0.2) is 5.82 Å². The van der Waals surface area contributed by atoms with Gasteiger partial charge in [0, 0.05) is 22.9 Å². The summed E-state index contributed by atoms with van der Waals surface area (Å²) in [6.45, 7) is 0.948. The van der Waals surface area contributed by atoms with Gasteiger partial charge in [0.1, 0.15) is 0 Å². The Balaban J connectivity index is 1.48. The minimum absolute atomic E-state index is 0.324. The summed E-state index contributed by atoms with van der Waals surface area (Å²) in [5.41, 5.74) is 3.46. The van der Waals surface area contributed by atoms with E-state index in [1.54, 1.807) is 0 Å². The van der Waals surface area contributed by atoms with Gasteiger partial charge in [0.25, 0.3) is 0 Å². The van der Waals surface area contributed by atoms with E-state index in [4.69, 9.17) is 11.6 Å². The summed E-state index contributed by atoms with van der Waals surface area (Å²) in [6, 6.07) is 14.4. The monoisotopic (exact) mass is 349 g/mol. The Morgan fingerprint density at radius 2 is 2.12 bits per heavy atom. The topological polar surface area (TPSA) is 40.7 Å². The number of halogens is 1. The molecule has 2 atom stereocenters. The van der Waals surface area contributed by atoms with E-state index in [0.29, 0.717) is 5.41 Å². The molecule has 126 valence electrons. The predicted molar refractivity (Wildman–Crippen MR) is 104 cm³/mol. The van der Waals surface area contributed by atoms with Crippen molar-refractivity contribution in [2.24, 2.45) is 11.3 Å². The molecule has 1 heterocycles. The zero-order chi connectivity index (χ0) is 16.9. The lowest BCUT2D eigenvalue weighted by molar-refractivity contribution is 0.430. The number of aromatic nitrogens is 2. The number of anilines is 1. The second-order valence-electron chi connectivity index (χ2n) is 7.39. The summed E-state index contributed by atoms with van der Waals surface area (Å²) < 4.78 is 0. The predicted octanol–water partition coefficient (Wildman–Crippen LogP) is 5.65. The van der Waals surface area contributed by atoms with Crippen LogP contribution in [0.1, 0.15) is 19.3 Å². The largest absolute Gasteiger partial charge is 0.367 e. The van der Waals surface area contributed by atoms with Crippen molar-refractivity contribution in [3.63, 3.8) is 0 Å². The zero-order valence-corrected chi connectivity index (χ0v) is 14.7. The summed E-state index contributed by atoms with van der Waals surface area (Å²) in [7, 11) is 0. The molecule has 2 bridgehead atoms. The van der Waals surface area contributed by atoms with Gasteiger partial charge in [-0.15, -0.1) is 0 Å². The van der Waals surface area contributed by atoms with Gasteiger partial charge >= 0.3 is 0 Å². The van der Waals surface area contributed by atoms with E-state index in [0.717, 1.165) is 45.3 Å². The molecule has 2 aliphatic carbocycles. The third-order valence-electron chi connectivity index (χ3n) is 5.75. The SMILES string of the molecule is Clc1cc2[nH]nc(NCC34C=CC(CC3)C4)c2cc1-c1ccccc1. The number of H-pyrrole nitrogens is 1. The minimum Gasteiger partial charge on any atom is -0.367 e. The number of nitrogens with zero attached hydrogens (tertiary/aromatic N) is 1. The number of hydrogen-bond acceptors (Lipinski definition) is 2. The molecule has 25 heavy (non-hydrogen) atoms. The molecule has 1 saturated carbocycles. The molecule has 3 nitrogen and oxygen atoms in total. The van der Waals surface area contributed by atoms with E-state index < -0.39 is 0 Å². The average Bonchev–Trinajstić information content (AvgIpc) is 3.34. The Bertz CT molecular complexity index is 960. The van der Waals surface area contributed by atoms with Crippen molar-refractivity contribution in [1.82, 2.24) is 10.2 Å². The number of benzene rings is 2. The van der Waals surface area contributed by atoms with Gasteiger partial charge in [-0.2, -0.15) is 5.10 Å². The van der Waals surface area contributed by atoms with Gasteiger partial charge in [-0.05, 0) is 42.9 Å². The molecule has 5 rings (SSSR count). The molecule has 2 N–H and O–H groups in total. The minimum atomic E-state index is 0.324. The van der Waals surface area contributed by atoms with Gasteiger partial charge in [-0.1, -0.05) is 54.1 Å². The van der Waals surface area contributed by atoms with Crippen LogP contribution in [0.25, 0.3) is 22.0 Å². The van der Waals surface area contributed by atoms with Crippen molar-refractivity contribution < 1.29 is 0 Å². The second kappa shape index (κ2) is 5.63. The van der Waals surface area contributed by atoms with Gasteiger partial charge < -0.3 is 5.32 Å². The van der Waals surface area contributed by atoms with Gasteiger partial charge in [-0.25, -0.2) is 0 Å². The summed E-state index contributed by atoms with van der Waals surface area (Å²) in [4.78, 5) is 0. The fraction of sp³-hybridized carbons (Fsp3) is 0.286. The smallest absolute Gasteiger partial charge is 0.155 e. The van der Waals surface area contributed by atoms with Crippen LogP contribution in [0, 0.1) is 11.3 Å². The van der Waals surface area contributed by atoms with Crippen LogP contribution in [-0.2, 0) is 0 Å². The molecule has 2 aromatic carbocycles. The second-order valence-corrected chi connectivity index (χ2v) is 7.80. The standard InChI is InChI=1S/C21H20ClN3/c22-18-11-19-17(10-16(18)15-4-2-1-3-5-15)20(25-24-19)23-13-21-8-6-14(12-21)7-9-21/h1-6,8,10-11,14H,7,9,12-13H2,(H2,23,24,25). The van der Waals surface area contributed by atoms with Crippen LogP contribution in [0.3, 0.4) is 0 Å².